The number of sulfone groups is 1. The highest BCUT2D eigenvalue weighted by molar-refractivity contribution is 7.91. The normalized spacial score (nSPS) is 11.5. The molecule has 152 valence electrons. The minimum Gasteiger partial charge on any atom is -0.347 e. The molecule has 4 rings (SSSR count). The van der Waals surface area contributed by atoms with Gasteiger partial charge < -0.3 is 5.32 Å². The van der Waals surface area contributed by atoms with Gasteiger partial charge in [0, 0.05) is 18.9 Å². The second-order valence-corrected chi connectivity index (χ2v) is 10.2. The van der Waals surface area contributed by atoms with Gasteiger partial charge in [-0.15, -0.1) is 11.3 Å². The molecule has 0 bridgehead atoms. The highest BCUT2D eigenvalue weighted by Gasteiger charge is 2.18. The number of nitrogens with zero attached hydrogens (tertiary/aromatic N) is 1. The number of aromatic nitrogens is 1. The van der Waals surface area contributed by atoms with E-state index in [9.17, 15) is 13.2 Å². The van der Waals surface area contributed by atoms with E-state index in [0.29, 0.717) is 16.3 Å². The summed E-state index contributed by atoms with van der Waals surface area (Å²) in [4.78, 5) is 17.7. The Morgan fingerprint density at radius 2 is 1.67 bits per heavy atom. The van der Waals surface area contributed by atoms with Crippen LogP contribution in [0.1, 0.15) is 26.4 Å². The molecule has 0 radical (unpaired) electrons. The molecular weight excluding hydrogens is 416 g/mol. The first-order chi connectivity index (χ1) is 14.3. The van der Waals surface area contributed by atoms with E-state index >= 15 is 0 Å². The topological polar surface area (TPSA) is 76.1 Å². The van der Waals surface area contributed by atoms with Gasteiger partial charge in [-0.3, -0.25) is 9.78 Å². The summed E-state index contributed by atoms with van der Waals surface area (Å²) in [6.45, 7) is 4.07. The van der Waals surface area contributed by atoms with Crippen LogP contribution in [0.4, 0.5) is 0 Å². The molecule has 2 aromatic carbocycles. The Hall–Kier alpha value is -3.03. The first kappa shape index (κ1) is 20.3. The lowest BCUT2D eigenvalue weighted by atomic mass is 10.2. The molecule has 0 aliphatic carbocycles. The van der Waals surface area contributed by atoms with E-state index < -0.39 is 9.84 Å². The number of fused-ring (bicyclic) bond motifs is 1. The first-order valence-electron chi connectivity index (χ1n) is 9.37. The van der Waals surface area contributed by atoms with Crippen molar-refractivity contribution in [2.45, 2.75) is 30.2 Å². The minimum absolute atomic E-state index is 0.164. The van der Waals surface area contributed by atoms with Crippen molar-refractivity contribution in [2.24, 2.45) is 0 Å². The number of amides is 1. The Bertz CT molecular complexity index is 1290. The molecular formula is C23H20N2O3S2. The van der Waals surface area contributed by atoms with Crippen LogP contribution in [0.25, 0.3) is 10.1 Å². The lowest BCUT2D eigenvalue weighted by Crippen LogP contribution is -2.21. The highest BCUT2D eigenvalue weighted by atomic mass is 32.2. The third-order valence-electron chi connectivity index (χ3n) is 4.74. The second kappa shape index (κ2) is 8.01. The zero-order valence-corrected chi connectivity index (χ0v) is 18.2. The number of hydrogen-bond donors (Lipinski definition) is 1. The van der Waals surface area contributed by atoms with Gasteiger partial charge in [0.2, 0.25) is 9.84 Å². The number of carbonyl (C=O) groups excluding carboxylic acids is 1. The molecule has 0 spiro atoms. The zero-order valence-electron chi connectivity index (χ0n) is 16.5. The van der Waals surface area contributed by atoms with E-state index in [4.69, 9.17) is 0 Å². The summed E-state index contributed by atoms with van der Waals surface area (Å²) in [6, 6.07) is 15.6. The van der Waals surface area contributed by atoms with Crippen molar-refractivity contribution in [2.75, 3.05) is 0 Å². The largest absolute Gasteiger partial charge is 0.347 e. The molecule has 0 atom stereocenters. The molecule has 2 heterocycles. The molecule has 5 nitrogen and oxygen atoms in total. The van der Waals surface area contributed by atoms with Crippen LogP contribution in [0.3, 0.4) is 0 Å². The van der Waals surface area contributed by atoms with Crippen molar-refractivity contribution in [3.05, 3.63) is 88.6 Å². The predicted molar refractivity (Wildman–Crippen MR) is 119 cm³/mol. The van der Waals surface area contributed by atoms with Gasteiger partial charge in [0.1, 0.15) is 0 Å². The number of rotatable bonds is 5. The maximum absolute atomic E-state index is 12.9. The lowest BCUT2D eigenvalue weighted by Gasteiger charge is -2.09. The molecule has 0 saturated carbocycles. The SMILES string of the molecule is Cc1cc(C)cc(S(=O)(=O)c2ccc(CNC(=O)c3cc4ccncc4s3)cc2)c1. The molecule has 0 aliphatic rings. The Balaban J connectivity index is 1.47. The van der Waals surface area contributed by atoms with E-state index in [1.54, 1.807) is 48.8 Å². The van der Waals surface area contributed by atoms with Crippen molar-refractivity contribution in [1.82, 2.24) is 10.3 Å². The van der Waals surface area contributed by atoms with Crippen LogP contribution in [0.5, 0.6) is 0 Å². The summed E-state index contributed by atoms with van der Waals surface area (Å²) < 4.78 is 26.8. The fraction of sp³-hybridized carbons (Fsp3) is 0.130. The van der Waals surface area contributed by atoms with Crippen LogP contribution in [0.2, 0.25) is 0 Å². The molecule has 2 aromatic heterocycles. The van der Waals surface area contributed by atoms with E-state index in [1.165, 1.54) is 11.3 Å². The van der Waals surface area contributed by atoms with Crippen LogP contribution >= 0.6 is 11.3 Å². The summed E-state index contributed by atoms with van der Waals surface area (Å²) >= 11 is 1.39. The van der Waals surface area contributed by atoms with Gasteiger partial charge in [-0.1, -0.05) is 18.2 Å². The molecule has 0 fully saturated rings. The standard InChI is InChI=1S/C23H20N2O3S2/c1-15-9-16(2)11-20(10-15)30(27,28)19-5-3-17(4-6-19)13-25-23(26)21-12-18-7-8-24-14-22(18)29-21/h3-12,14H,13H2,1-2H3,(H,25,26). The molecule has 7 heteroatoms. The monoisotopic (exact) mass is 436 g/mol. The Morgan fingerprint density at radius 1 is 0.967 bits per heavy atom. The summed E-state index contributed by atoms with van der Waals surface area (Å²) in [5, 5.41) is 3.87. The van der Waals surface area contributed by atoms with Crippen LogP contribution in [0, 0.1) is 13.8 Å². The molecule has 0 saturated heterocycles. The quantitative estimate of drug-likeness (QED) is 0.493. The van der Waals surface area contributed by atoms with Gasteiger partial charge in [-0.2, -0.15) is 0 Å². The molecule has 0 aliphatic heterocycles. The number of thiophene rings is 1. The van der Waals surface area contributed by atoms with Crippen LogP contribution in [-0.2, 0) is 16.4 Å². The van der Waals surface area contributed by atoms with Gasteiger partial charge in [0.05, 0.1) is 19.4 Å². The first-order valence-corrected chi connectivity index (χ1v) is 11.7. The average molecular weight is 437 g/mol. The molecule has 1 amide bonds. The minimum atomic E-state index is -3.58. The number of hydrogen-bond acceptors (Lipinski definition) is 5. The van der Waals surface area contributed by atoms with Gasteiger partial charge in [-0.25, -0.2) is 8.42 Å². The highest BCUT2D eigenvalue weighted by Crippen LogP contribution is 2.25. The van der Waals surface area contributed by atoms with Gasteiger partial charge >= 0.3 is 0 Å². The van der Waals surface area contributed by atoms with E-state index in [0.717, 1.165) is 26.8 Å². The van der Waals surface area contributed by atoms with Crippen LogP contribution in [0.15, 0.2) is 76.8 Å². The third kappa shape index (κ3) is 4.13. The Kier molecular flexibility index (Phi) is 5.40. The van der Waals surface area contributed by atoms with Crippen molar-refractivity contribution < 1.29 is 13.2 Å². The van der Waals surface area contributed by atoms with Crippen molar-refractivity contribution in [3.63, 3.8) is 0 Å². The van der Waals surface area contributed by atoms with Crippen molar-refractivity contribution in [3.8, 4) is 0 Å². The summed E-state index contributed by atoms with van der Waals surface area (Å²) in [6.07, 6.45) is 3.44. The average Bonchev–Trinajstić information content (AvgIpc) is 3.16. The van der Waals surface area contributed by atoms with E-state index in [-0.39, 0.29) is 10.8 Å². The Morgan fingerprint density at radius 3 is 2.33 bits per heavy atom. The van der Waals surface area contributed by atoms with E-state index in [2.05, 4.69) is 10.3 Å². The maximum atomic E-state index is 12.9. The third-order valence-corrected chi connectivity index (χ3v) is 7.57. The van der Waals surface area contributed by atoms with Crippen LogP contribution in [-0.4, -0.2) is 19.3 Å². The molecule has 4 aromatic rings. The second-order valence-electron chi connectivity index (χ2n) is 7.18. The molecule has 1 N–H and O–H groups in total. The smallest absolute Gasteiger partial charge is 0.261 e. The number of carbonyl (C=O) groups is 1. The zero-order chi connectivity index (χ0) is 21.3. The Labute approximate surface area is 179 Å². The number of pyridine rings is 1. The van der Waals surface area contributed by atoms with Gasteiger partial charge in [0.25, 0.3) is 5.91 Å². The van der Waals surface area contributed by atoms with Crippen molar-refractivity contribution in [1.29, 1.82) is 0 Å². The summed E-state index contributed by atoms with van der Waals surface area (Å²) in [7, 11) is -3.58. The maximum Gasteiger partial charge on any atom is 0.261 e. The number of aryl methyl sites for hydroxylation is 2. The summed E-state index contributed by atoms with van der Waals surface area (Å²) in [5.41, 5.74) is 2.64. The fourth-order valence-corrected chi connectivity index (χ4v) is 5.67. The van der Waals surface area contributed by atoms with E-state index in [1.807, 2.05) is 32.0 Å². The summed E-state index contributed by atoms with van der Waals surface area (Å²) in [5.74, 6) is -0.164. The van der Waals surface area contributed by atoms with Crippen molar-refractivity contribution >= 4 is 37.2 Å². The molecule has 0 unspecified atom stereocenters. The van der Waals surface area contributed by atoms with Crippen LogP contribution < -0.4 is 5.32 Å². The molecule has 30 heavy (non-hydrogen) atoms. The lowest BCUT2D eigenvalue weighted by molar-refractivity contribution is 0.0955. The van der Waals surface area contributed by atoms with Gasteiger partial charge in [-0.05, 0) is 72.3 Å². The predicted octanol–water partition coefficient (Wildman–Crippen LogP) is 4.68. The fourth-order valence-electron chi connectivity index (χ4n) is 3.28. The number of nitrogens with one attached hydrogen (secondary N) is 1. The number of benzene rings is 2. The van der Waals surface area contributed by atoms with Gasteiger partial charge in [0.15, 0.2) is 0 Å².